The predicted octanol–water partition coefficient (Wildman–Crippen LogP) is 1.85. The summed E-state index contributed by atoms with van der Waals surface area (Å²) in [6.45, 7) is 0. The molecule has 98 valence electrons. The van der Waals surface area contributed by atoms with Crippen LogP contribution in [0.1, 0.15) is 5.56 Å². The van der Waals surface area contributed by atoms with E-state index in [1.54, 1.807) is 30.5 Å². The Morgan fingerprint density at radius 2 is 2.05 bits per heavy atom. The van der Waals surface area contributed by atoms with Crippen LogP contribution >= 0.6 is 0 Å². The van der Waals surface area contributed by atoms with Gasteiger partial charge >= 0.3 is 0 Å². The number of anilines is 2. The number of amides is 1. The summed E-state index contributed by atoms with van der Waals surface area (Å²) < 4.78 is 5.07. The summed E-state index contributed by atoms with van der Waals surface area (Å²) in [6.07, 6.45) is 1.88. The fourth-order valence-corrected chi connectivity index (χ4v) is 1.66. The SMILES string of the molecule is COc1ncccc1NC(=O)Cc1ccc(N)cc1. The van der Waals surface area contributed by atoms with Crippen LogP contribution in [0.25, 0.3) is 0 Å². The van der Waals surface area contributed by atoms with E-state index in [0.29, 0.717) is 17.3 Å². The first kappa shape index (κ1) is 12.9. The zero-order valence-electron chi connectivity index (χ0n) is 10.6. The van der Waals surface area contributed by atoms with Gasteiger partial charge in [-0.3, -0.25) is 4.79 Å². The number of nitrogens with two attached hydrogens (primary N) is 1. The van der Waals surface area contributed by atoms with Crippen molar-refractivity contribution in [3.63, 3.8) is 0 Å². The number of nitrogen functional groups attached to an aromatic ring is 1. The van der Waals surface area contributed by atoms with Crippen LogP contribution in [0.4, 0.5) is 11.4 Å². The average Bonchev–Trinajstić information content (AvgIpc) is 2.42. The fraction of sp³-hybridized carbons (Fsp3) is 0.143. The van der Waals surface area contributed by atoms with Gasteiger partial charge in [-0.2, -0.15) is 0 Å². The molecule has 0 bridgehead atoms. The van der Waals surface area contributed by atoms with Gasteiger partial charge in [-0.15, -0.1) is 0 Å². The molecule has 19 heavy (non-hydrogen) atoms. The predicted molar refractivity (Wildman–Crippen MR) is 74.0 cm³/mol. The van der Waals surface area contributed by atoms with Crippen LogP contribution in [-0.4, -0.2) is 18.0 Å². The molecule has 2 aromatic rings. The normalized spacial score (nSPS) is 9.95. The van der Waals surface area contributed by atoms with Crippen LogP contribution in [0.3, 0.4) is 0 Å². The number of nitrogens with one attached hydrogen (secondary N) is 1. The lowest BCUT2D eigenvalue weighted by atomic mass is 10.1. The standard InChI is InChI=1S/C14H15N3O2/c1-19-14-12(3-2-8-16-14)17-13(18)9-10-4-6-11(15)7-5-10/h2-8H,9,15H2,1H3,(H,17,18). The van der Waals surface area contributed by atoms with Gasteiger partial charge in [0.15, 0.2) is 0 Å². The molecule has 0 spiro atoms. The number of methoxy groups -OCH3 is 1. The van der Waals surface area contributed by atoms with Crippen LogP contribution in [-0.2, 0) is 11.2 Å². The van der Waals surface area contributed by atoms with Crippen molar-refractivity contribution in [2.75, 3.05) is 18.2 Å². The van der Waals surface area contributed by atoms with E-state index in [0.717, 1.165) is 5.56 Å². The molecule has 0 unspecified atom stereocenters. The monoisotopic (exact) mass is 257 g/mol. The molecular formula is C14H15N3O2. The van der Waals surface area contributed by atoms with Gasteiger partial charge in [0.1, 0.15) is 5.69 Å². The lowest BCUT2D eigenvalue weighted by molar-refractivity contribution is -0.115. The second kappa shape index (κ2) is 5.86. The number of ether oxygens (including phenoxy) is 1. The zero-order valence-corrected chi connectivity index (χ0v) is 10.6. The summed E-state index contributed by atoms with van der Waals surface area (Å²) in [7, 11) is 1.51. The number of aromatic nitrogens is 1. The lowest BCUT2D eigenvalue weighted by Gasteiger charge is -2.08. The molecule has 1 heterocycles. The number of benzene rings is 1. The van der Waals surface area contributed by atoms with Gasteiger partial charge in [0.25, 0.3) is 0 Å². The van der Waals surface area contributed by atoms with Gasteiger partial charge in [0.2, 0.25) is 11.8 Å². The average molecular weight is 257 g/mol. The van der Waals surface area contributed by atoms with Crippen molar-refractivity contribution in [3.8, 4) is 5.88 Å². The van der Waals surface area contributed by atoms with Crippen molar-refractivity contribution in [1.82, 2.24) is 4.98 Å². The topological polar surface area (TPSA) is 77.2 Å². The van der Waals surface area contributed by atoms with E-state index in [2.05, 4.69) is 10.3 Å². The van der Waals surface area contributed by atoms with Gasteiger partial charge in [-0.1, -0.05) is 12.1 Å². The minimum Gasteiger partial charge on any atom is -0.480 e. The van der Waals surface area contributed by atoms with Gasteiger partial charge in [0.05, 0.1) is 13.5 Å². The van der Waals surface area contributed by atoms with E-state index in [9.17, 15) is 4.79 Å². The lowest BCUT2D eigenvalue weighted by Crippen LogP contribution is -2.15. The number of nitrogens with zero attached hydrogens (tertiary/aromatic N) is 1. The van der Waals surface area contributed by atoms with Gasteiger partial charge in [-0.05, 0) is 29.8 Å². The van der Waals surface area contributed by atoms with Gasteiger partial charge in [0, 0.05) is 11.9 Å². The third-order valence-electron chi connectivity index (χ3n) is 2.58. The first-order valence-corrected chi connectivity index (χ1v) is 5.82. The first-order valence-electron chi connectivity index (χ1n) is 5.82. The smallest absolute Gasteiger partial charge is 0.237 e. The fourth-order valence-electron chi connectivity index (χ4n) is 1.66. The quantitative estimate of drug-likeness (QED) is 0.819. The summed E-state index contributed by atoms with van der Waals surface area (Å²) in [5, 5.41) is 2.77. The van der Waals surface area contributed by atoms with Crippen molar-refractivity contribution < 1.29 is 9.53 Å². The Hall–Kier alpha value is -2.56. The van der Waals surface area contributed by atoms with Gasteiger partial charge in [-0.25, -0.2) is 4.98 Å². The molecule has 3 N–H and O–H groups in total. The Morgan fingerprint density at radius 1 is 1.32 bits per heavy atom. The highest BCUT2D eigenvalue weighted by Gasteiger charge is 2.08. The number of carbonyl (C=O) groups is 1. The third-order valence-corrected chi connectivity index (χ3v) is 2.58. The molecule has 1 amide bonds. The Bertz CT molecular complexity index is 567. The number of hydrogen-bond donors (Lipinski definition) is 2. The van der Waals surface area contributed by atoms with E-state index in [-0.39, 0.29) is 12.3 Å². The number of rotatable bonds is 4. The van der Waals surface area contributed by atoms with Crippen molar-refractivity contribution in [3.05, 3.63) is 48.2 Å². The Kier molecular flexibility index (Phi) is 3.97. The minimum absolute atomic E-state index is 0.129. The molecule has 0 radical (unpaired) electrons. The van der Waals surface area contributed by atoms with Crippen molar-refractivity contribution in [2.24, 2.45) is 0 Å². The molecule has 0 fully saturated rings. The Labute approximate surface area is 111 Å². The molecule has 0 saturated carbocycles. The maximum absolute atomic E-state index is 11.9. The van der Waals surface area contributed by atoms with Crippen molar-refractivity contribution >= 4 is 17.3 Å². The van der Waals surface area contributed by atoms with Crippen molar-refractivity contribution in [1.29, 1.82) is 0 Å². The second-order valence-corrected chi connectivity index (χ2v) is 4.03. The molecule has 0 atom stereocenters. The molecule has 1 aromatic heterocycles. The zero-order chi connectivity index (χ0) is 13.7. The second-order valence-electron chi connectivity index (χ2n) is 4.03. The number of hydrogen-bond acceptors (Lipinski definition) is 4. The van der Waals surface area contributed by atoms with E-state index < -0.39 is 0 Å². The summed E-state index contributed by atoms with van der Waals surface area (Å²) in [5.41, 5.74) is 7.73. The van der Waals surface area contributed by atoms with Crippen molar-refractivity contribution in [2.45, 2.75) is 6.42 Å². The van der Waals surface area contributed by atoms with E-state index >= 15 is 0 Å². The van der Waals surface area contributed by atoms with Crippen LogP contribution in [0.5, 0.6) is 5.88 Å². The summed E-state index contributed by atoms with van der Waals surface area (Å²) in [4.78, 5) is 15.9. The van der Waals surface area contributed by atoms with E-state index in [1.807, 2.05) is 12.1 Å². The van der Waals surface area contributed by atoms with E-state index in [4.69, 9.17) is 10.5 Å². The molecule has 5 heteroatoms. The van der Waals surface area contributed by atoms with Crippen LogP contribution in [0, 0.1) is 0 Å². The molecule has 2 rings (SSSR count). The Morgan fingerprint density at radius 3 is 2.74 bits per heavy atom. The summed E-state index contributed by atoms with van der Waals surface area (Å²) in [6, 6.07) is 10.7. The molecule has 0 aliphatic heterocycles. The third kappa shape index (κ3) is 3.45. The molecule has 0 aliphatic carbocycles. The molecule has 1 aromatic carbocycles. The number of pyridine rings is 1. The Balaban J connectivity index is 2.03. The van der Waals surface area contributed by atoms with Crippen LogP contribution in [0.2, 0.25) is 0 Å². The maximum Gasteiger partial charge on any atom is 0.237 e. The van der Waals surface area contributed by atoms with E-state index in [1.165, 1.54) is 7.11 Å². The highest BCUT2D eigenvalue weighted by atomic mass is 16.5. The maximum atomic E-state index is 11.9. The summed E-state index contributed by atoms with van der Waals surface area (Å²) in [5.74, 6) is 0.268. The highest BCUT2D eigenvalue weighted by Crippen LogP contribution is 2.20. The molecule has 0 aliphatic rings. The minimum atomic E-state index is -0.129. The number of carbonyl (C=O) groups excluding carboxylic acids is 1. The van der Waals surface area contributed by atoms with Crippen LogP contribution in [0.15, 0.2) is 42.6 Å². The van der Waals surface area contributed by atoms with Crippen LogP contribution < -0.4 is 15.8 Å². The summed E-state index contributed by atoms with van der Waals surface area (Å²) >= 11 is 0. The first-order chi connectivity index (χ1) is 9.19. The molecule has 5 nitrogen and oxygen atoms in total. The van der Waals surface area contributed by atoms with Gasteiger partial charge < -0.3 is 15.8 Å². The molecule has 0 saturated heterocycles. The highest BCUT2D eigenvalue weighted by molar-refractivity contribution is 5.93. The molecular weight excluding hydrogens is 242 g/mol. The largest absolute Gasteiger partial charge is 0.480 e.